The van der Waals surface area contributed by atoms with E-state index in [1.807, 2.05) is 24.6 Å². The average molecular weight is 545 g/mol. The Balaban J connectivity index is 1.62. The van der Waals surface area contributed by atoms with Crippen molar-refractivity contribution in [2.75, 3.05) is 6.61 Å². The van der Waals surface area contributed by atoms with Crippen LogP contribution in [0, 0.1) is 3.57 Å². The average Bonchev–Trinajstić information content (AvgIpc) is 3.22. The Kier molecular flexibility index (Phi) is 7.78. The van der Waals surface area contributed by atoms with Crippen LogP contribution in [0.5, 0.6) is 0 Å². The number of aromatic nitrogens is 3. The molecular formula is C21H33IN4O3Si. The van der Waals surface area contributed by atoms with Crippen molar-refractivity contribution in [3.05, 3.63) is 21.7 Å². The SMILES string of the molecule is CC(C)NC(=O)O[C@@H]1CC[C@H](c2cnc3c(n2)c(I)cn3COCC[Si](C)(C)C)C1. The van der Waals surface area contributed by atoms with Gasteiger partial charge in [0.1, 0.15) is 18.4 Å². The highest BCUT2D eigenvalue weighted by molar-refractivity contribution is 14.1. The number of halogens is 1. The lowest BCUT2D eigenvalue weighted by Gasteiger charge is -2.15. The molecule has 30 heavy (non-hydrogen) atoms. The molecule has 1 saturated carbocycles. The molecule has 0 aliphatic heterocycles. The van der Waals surface area contributed by atoms with Gasteiger partial charge in [-0.05, 0) is 61.7 Å². The van der Waals surface area contributed by atoms with E-state index < -0.39 is 8.07 Å². The number of hydrogen-bond donors (Lipinski definition) is 1. The number of nitrogens with zero attached hydrogens (tertiary/aromatic N) is 3. The zero-order valence-corrected chi connectivity index (χ0v) is 21.7. The molecule has 1 fully saturated rings. The summed E-state index contributed by atoms with van der Waals surface area (Å²) in [5, 5.41) is 2.79. The quantitative estimate of drug-likeness (QED) is 0.284. The van der Waals surface area contributed by atoms with E-state index in [0.29, 0.717) is 6.73 Å². The molecule has 2 heterocycles. The van der Waals surface area contributed by atoms with Gasteiger partial charge < -0.3 is 19.4 Å². The molecule has 0 spiro atoms. The van der Waals surface area contributed by atoms with Gasteiger partial charge in [0.2, 0.25) is 0 Å². The number of nitrogens with one attached hydrogen (secondary N) is 1. The number of rotatable bonds is 8. The zero-order chi connectivity index (χ0) is 21.9. The Morgan fingerprint density at radius 1 is 1.37 bits per heavy atom. The molecule has 2 aromatic heterocycles. The fourth-order valence-electron chi connectivity index (χ4n) is 3.60. The van der Waals surface area contributed by atoms with E-state index >= 15 is 0 Å². The number of hydrogen-bond acceptors (Lipinski definition) is 5. The summed E-state index contributed by atoms with van der Waals surface area (Å²) in [6.07, 6.45) is 6.14. The van der Waals surface area contributed by atoms with Gasteiger partial charge in [-0.15, -0.1) is 0 Å². The third-order valence-electron chi connectivity index (χ3n) is 5.25. The van der Waals surface area contributed by atoms with Gasteiger partial charge in [-0.3, -0.25) is 0 Å². The summed E-state index contributed by atoms with van der Waals surface area (Å²) in [5.41, 5.74) is 2.76. The molecule has 0 unspecified atom stereocenters. The van der Waals surface area contributed by atoms with Crippen molar-refractivity contribution in [1.82, 2.24) is 19.9 Å². The predicted octanol–water partition coefficient (Wildman–Crippen LogP) is 5.12. The maximum absolute atomic E-state index is 11.9. The van der Waals surface area contributed by atoms with E-state index in [-0.39, 0.29) is 24.2 Å². The smallest absolute Gasteiger partial charge is 0.407 e. The largest absolute Gasteiger partial charge is 0.446 e. The molecular weight excluding hydrogens is 511 g/mol. The minimum absolute atomic E-state index is 0.0605. The summed E-state index contributed by atoms with van der Waals surface area (Å²) in [4.78, 5) is 21.5. The minimum atomic E-state index is -1.09. The van der Waals surface area contributed by atoms with E-state index in [0.717, 1.165) is 52.3 Å². The Morgan fingerprint density at radius 2 is 2.13 bits per heavy atom. The zero-order valence-electron chi connectivity index (χ0n) is 18.6. The van der Waals surface area contributed by atoms with Gasteiger partial charge in [-0.1, -0.05) is 19.6 Å². The van der Waals surface area contributed by atoms with Crippen LogP contribution in [0.1, 0.15) is 44.7 Å². The molecule has 166 valence electrons. The van der Waals surface area contributed by atoms with Crippen molar-refractivity contribution in [3.63, 3.8) is 0 Å². The molecule has 0 radical (unpaired) electrons. The molecule has 1 aliphatic carbocycles. The molecule has 0 saturated heterocycles. The monoisotopic (exact) mass is 544 g/mol. The first kappa shape index (κ1) is 23.5. The van der Waals surface area contributed by atoms with Crippen molar-refractivity contribution >= 4 is 47.9 Å². The topological polar surface area (TPSA) is 78.3 Å². The summed E-state index contributed by atoms with van der Waals surface area (Å²) >= 11 is 2.31. The molecule has 1 aliphatic rings. The first-order valence-electron chi connectivity index (χ1n) is 10.7. The highest BCUT2D eigenvalue weighted by Gasteiger charge is 2.30. The number of amides is 1. The summed E-state index contributed by atoms with van der Waals surface area (Å²) in [6, 6.07) is 1.23. The van der Waals surface area contributed by atoms with Crippen LogP contribution < -0.4 is 5.32 Å². The molecule has 7 nitrogen and oxygen atoms in total. The Labute approximate surface area is 193 Å². The maximum Gasteiger partial charge on any atom is 0.407 e. The number of carbonyl (C=O) groups is 1. The summed E-state index contributed by atoms with van der Waals surface area (Å²) < 4.78 is 14.6. The number of ether oxygens (including phenoxy) is 2. The lowest BCUT2D eigenvalue weighted by atomic mass is 10.0. The fraction of sp³-hybridized carbons (Fsp3) is 0.667. The first-order valence-corrected chi connectivity index (χ1v) is 15.5. The minimum Gasteiger partial charge on any atom is -0.446 e. The number of fused-ring (bicyclic) bond motifs is 1. The Bertz CT molecular complexity index is 881. The van der Waals surface area contributed by atoms with Crippen LogP contribution in [0.4, 0.5) is 4.79 Å². The normalized spacial score (nSPS) is 19.6. The van der Waals surface area contributed by atoms with Crippen molar-refractivity contribution in [2.45, 2.75) is 83.6 Å². The van der Waals surface area contributed by atoms with E-state index in [9.17, 15) is 4.79 Å². The van der Waals surface area contributed by atoms with E-state index in [1.165, 1.54) is 0 Å². The Hall–Kier alpha value is -1.20. The lowest BCUT2D eigenvalue weighted by molar-refractivity contribution is 0.0898. The maximum atomic E-state index is 11.9. The molecule has 0 aromatic carbocycles. The van der Waals surface area contributed by atoms with Gasteiger partial charge >= 0.3 is 6.09 Å². The predicted molar refractivity (Wildman–Crippen MR) is 129 cm³/mol. The third-order valence-corrected chi connectivity index (χ3v) is 7.74. The van der Waals surface area contributed by atoms with Crippen LogP contribution in [0.2, 0.25) is 25.7 Å². The lowest BCUT2D eigenvalue weighted by Crippen LogP contribution is -2.33. The second kappa shape index (κ2) is 9.95. The van der Waals surface area contributed by atoms with E-state index in [2.05, 4.69) is 53.7 Å². The van der Waals surface area contributed by atoms with Crippen molar-refractivity contribution in [2.24, 2.45) is 0 Å². The van der Waals surface area contributed by atoms with Crippen molar-refractivity contribution in [1.29, 1.82) is 0 Å². The molecule has 2 atom stereocenters. The van der Waals surface area contributed by atoms with Gasteiger partial charge in [0.15, 0.2) is 5.65 Å². The third kappa shape index (κ3) is 6.40. The van der Waals surface area contributed by atoms with Gasteiger partial charge in [0.05, 0.1) is 15.5 Å². The van der Waals surface area contributed by atoms with Gasteiger partial charge in [0, 0.05) is 32.8 Å². The first-order chi connectivity index (χ1) is 14.1. The molecule has 1 N–H and O–H groups in total. The van der Waals surface area contributed by atoms with Crippen molar-refractivity contribution in [3.8, 4) is 0 Å². The van der Waals surface area contributed by atoms with Gasteiger partial charge in [-0.2, -0.15) is 0 Å². The van der Waals surface area contributed by atoms with Crippen LogP contribution >= 0.6 is 22.6 Å². The second-order valence-electron chi connectivity index (χ2n) is 9.60. The molecule has 0 bridgehead atoms. The van der Waals surface area contributed by atoms with E-state index in [1.54, 1.807) is 0 Å². The highest BCUT2D eigenvalue weighted by Crippen LogP contribution is 2.36. The molecule has 1 amide bonds. The van der Waals surface area contributed by atoms with E-state index in [4.69, 9.17) is 19.4 Å². The Morgan fingerprint density at radius 3 is 2.83 bits per heavy atom. The van der Waals surface area contributed by atoms with Crippen LogP contribution in [0.15, 0.2) is 12.4 Å². The van der Waals surface area contributed by atoms with Gasteiger partial charge in [-0.25, -0.2) is 14.8 Å². The summed E-state index contributed by atoms with van der Waals surface area (Å²) in [6.45, 7) is 12.2. The van der Waals surface area contributed by atoms with Gasteiger partial charge in [0.25, 0.3) is 0 Å². The number of carbonyl (C=O) groups excluding carboxylic acids is 1. The summed E-state index contributed by atoms with van der Waals surface area (Å²) in [7, 11) is -1.09. The van der Waals surface area contributed by atoms with Crippen LogP contribution in [0.3, 0.4) is 0 Å². The standard InChI is InChI=1S/C21H33IN4O3Si/c1-14(2)24-21(27)29-16-7-6-15(10-16)18-11-23-20-19(25-18)17(22)12-26(20)13-28-8-9-30(3,4)5/h11-12,14-16H,6-10,13H2,1-5H3,(H,24,27)/t15-,16+/m0/s1. The van der Waals surface area contributed by atoms with Crippen molar-refractivity contribution < 1.29 is 14.3 Å². The molecule has 3 rings (SSSR count). The van der Waals surface area contributed by atoms with Crippen LogP contribution in [-0.2, 0) is 16.2 Å². The number of alkyl carbamates (subject to hydrolysis) is 1. The molecule has 9 heteroatoms. The van der Waals surface area contributed by atoms with Crippen LogP contribution in [0.25, 0.3) is 11.2 Å². The second-order valence-corrected chi connectivity index (χ2v) is 16.4. The fourth-order valence-corrected chi connectivity index (χ4v) is 5.05. The summed E-state index contributed by atoms with van der Waals surface area (Å²) in [5.74, 6) is 0.269. The highest BCUT2D eigenvalue weighted by atomic mass is 127. The van der Waals surface area contributed by atoms with Crippen LogP contribution in [-0.4, -0.2) is 47.5 Å². The molecule has 2 aromatic rings.